The maximum Gasteiger partial charge on any atom is 0.122 e. The molecule has 0 saturated carbocycles. The van der Waals surface area contributed by atoms with Crippen molar-refractivity contribution in [2.45, 2.75) is 20.0 Å². The lowest BCUT2D eigenvalue weighted by atomic mass is 10.1. The first-order chi connectivity index (χ1) is 5.37. The zero-order valence-electron chi connectivity index (χ0n) is 7.99. The summed E-state index contributed by atoms with van der Waals surface area (Å²) in [5, 5.41) is 0.532. The van der Waals surface area contributed by atoms with Gasteiger partial charge in [-0.05, 0) is 25.0 Å². The number of rotatable bonds is 3. The van der Waals surface area contributed by atoms with Gasteiger partial charge in [0.25, 0.3) is 0 Å². The molecule has 70 valence electrons. The monoisotopic (exact) mass is 191 g/mol. The number of alkyl halides is 1. The Hall–Kier alpha value is -0.500. The summed E-state index contributed by atoms with van der Waals surface area (Å²) in [5.41, 5.74) is 1.14. The molecule has 0 heterocycles. The first-order valence-electron chi connectivity index (χ1n) is 3.74. The first-order valence-corrected chi connectivity index (χ1v) is 4.12. The molecule has 0 aromatic heterocycles. The van der Waals surface area contributed by atoms with Gasteiger partial charge in [0, 0.05) is 14.1 Å². The van der Waals surface area contributed by atoms with Crippen LogP contribution < -0.4 is 0 Å². The maximum atomic E-state index is 12.8. The highest BCUT2D eigenvalue weighted by Gasteiger charge is 2.10. The van der Waals surface area contributed by atoms with Gasteiger partial charge in [0.2, 0.25) is 0 Å². The SMILES string of the molecule is C=C(/C(C)=C(/Cl)N(C)C)C(C)F. The van der Waals surface area contributed by atoms with Gasteiger partial charge in [-0.1, -0.05) is 18.2 Å². The smallest absolute Gasteiger partial charge is 0.122 e. The van der Waals surface area contributed by atoms with Crippen LogP contribution in [0.3, 0.4) is 0 Å². The first kappa shape index (κ1) is 11.5. The molecule has 0 saturated heterocycles. The van der Waals surface area contributed by atoms with Crippen molar-refractivity contribution in [1.29, 1.82) is 0 Å². The van der Waals surface area contributed by atoms with Crippen molar-refractivity contribution in [3.63, 3.8) is 0 Å². The second kappa shape index (κ2) is 4.51. The molecule has 0 amide bonds. The predicted octanol–water partition coefficient (Wildman–Crippen LogP) is 2.93. The summed E-state index contributed by atoms with van der Waals surface area (Å²) in [7, 11) is 3.62. The van der Waals surface area contributed by atoms with Gasteiger partial charge in [-0.2, -0.15) is 0 Å². The fourth-order valence-electron chi connectivity index (χ4n) is 0.766. The highest BCUT2D eigenvalue weighted by atomic mass is 35.5. The molecule has 0 fully saturated rings. The number of nitrogens with zero attached hydrogens (tertiary/aromatic N) is 1. The van der Waals surface area contributed by atoms with E-state index in [9.17, 15) is 4.39 Å². The standard InChI is InChI=1S/C9H15ClFN/c1-6(8(3)11)7(2)9(10)12(4)5/h8H,1H2,2-5H3/b9-7-. The minimum absolute atomic E-state index is 0.439. The summed E-state index contributed by atoms with van der Waals surface area (Å²) in [4.78, 5) is 1.73. The molecule has 0 aliphatic rings. The lowest BCUT2D eigenvalue weighted by Crippen LogP contribution is -2.11. The Morgan fingerprint density at radius 2 is 1.92 bits per heavy atom. The van der Waals surface area contributed by atoms with E-state index in [-0.39, 0.29) is 0 Å². The normalized spacial score (nSPS) is 15.2. The molecular formula is C9H15ClFN. The molecule has 1 nitrogen and oxygen atoms in total. The van der Waals surface area contributed by atoms with Crippen LogP contribution in [0.1, 0.15) is 13.8 Å². The molecule has 1 unspecified atom stereocenters. The van der Waals surface area contributed by atoms with Crippen molar-refractivity contribution >= 4 is 11.6 Å². The van der Waals surface area contributed by atoms with E-state index in [0.29, 0.717) is 16.3 Å². The molecule has 0 N–H and O–H groups in total. The molecule has 0 rings (SSSR count). The number of hydrogen-bond donors (Lipinski definition) is 0. The molecule has 0 spiro atoms. The number of hydrogen-bond acceptors (Lipinski definition) is 1. The lowest BCUT2D eigenvalue weighted by molar-refractivity contribution is 0.413. The van der Waals surface area contributed by atoms with Gasteiger partial charge < -0.3 is 4.90 Å². The van der Waals surface area contributed by atoms with E-state index in [2.05, 4.69) is 6.58 Å². The number of allylic oxidation sites excluding steroid dienone is 2. The summed E-state index contributed by atoms with van der Waals surface area (Å²) in [6.45, 7) is 6.83. The van der Waals surface area contributed by atoms with Crippen molar-refractivity contribution in [3.8, 4) is 0 Å². The Morgan fingerprint density at radius 1 is 1.50 bits per heavy atom. The van der Waals surface area contributed by atoms with Crippen LogP contribution in [0.25, 0.3) is 0 Å². The minimum Gasteiger partial charge on any atom is -0.368 e. The molecule has 0 aromatic rings. The fraction of sp³-hybridized carbons (Fsp3) is 0.556. The average Bonchev–Trinajstić information content (AvgIpc) is 2.00. The van der Waals surface area contributed by atoms with Crippen LogP contribution in [0, 0.1) is 0 Å². The van der Waals surface area contributed by atoms with Gasteiger partial charge in [-0.3, -0.25) is 0 Å². The summed E-state index contributed by atoms with van der Waals surface area (Å²) < 4.78 is 12.8. The van der Waals surface area contributed by atoms with Crippen LogP contribution in [0.4, 0.5) is 4.39 Å². The Labute approximate surface area is 78.5 Å². The third-order valence-corrected chi connectivity index (χ3v) is 2.29. The van der Waals surface area contributed by atoms with E-state index in [4.69, 9.17) is 11.6 Å². The molecule has 12 heavy (non-hydrogen) atoms. The molecule has 0 aliphatic carbocycles. The van der Waals surface area contributed by atoms with E-state index < -0.39 is 6.17 Å². The van der Waals surface area contributed by atoms with Gasteiger partial charge in [0.1, 0.15) is 11.3 Å². The molecule has 0 radical (unpaired) electrons. The Morgan fingerprint density at radius 3 is 2.17 bits per heavy atom. The van der Waals surface area contributed by atoms with Gasteiger partial charge in [0.05, 0.1) is 0 Å². The van der Waals surface area contributed by atoms with Gasteiger partial charge in [-0.15, -0.1) is 0 Å². The van der Waals surface area contributed by atoms with Crippen LogP contribution >= 0.6 is 11.6 Å². The largest absolute Gasteiger partial charge is 0.368 e. The van der Waals surface area contributed by atoms with Crippen molar-refractivity contribution in [1.82, 2.24) is 4.90 Å². The third kappa shape index (κ3) is 2.86. The second-order valence-electron chi connectivity index (χ2n) is 2.95. The number of halogens is 2. The quantitative estimate of drug-likeness (QED) is 0.490. The van der Waals surface area contributed by atoms with Crippen molar-refractivity contribution in [3.05, 3.63) is 22.9 Å². The molecule has 1 atom stereocenters. The molecule has 0 bridgehead atoms. The van der Waals surface area contributed by atoms with Crippen LogP contribution in [0.5, 0.6) is 0 Å². The zero-order chi connectivity index (χ0) is 9.89. The second-order valence-corrected chi connectivity index (χ2v) is 3.31. The van der Waals surface area contributed by atoms with Crippen molar-refractivity contribution in [2.24, 2.45) is 0 Å². The summed E-state index contributed by atoms with van der Waals surface area (Å²) in [6, 6.07) is 0. The molecule has 0 aliphatic heterocycles. The Bertz CT molecular complexity index is 207. The van der Waals surface area contributed by atoms with Crippen LogP contribution in [0.2, 0.25) is 0 Å². The van der Waals surface area contributed by atoms with Crippen LogP contribution in [-0.4, -0.2) is 25.2 Å². The highest BCUT2D eigenvalue weighted by molar-refractivity contribution is 6.29. The van der Waals surface area contributed by atoms with Crippen LogP contribution in [-0.2, 0) is 0 Å². The molecular weight excluding hydrogens is 177 g/mol. The minimum atomic E-state index is -1.04. The fourth-order valence-corrected chi connectivity index (χ4v) is 0.888. The van der Waals surface area contributed by atoms with Crippen molar-refractivity contribution < 1.29 is 4.39 Å². The molecule has 0 aromatic carbocycles. The predicted molar refractivity (Wildman–Crippen MR) is 52.0 cm³/mol. The average molecular weight is 192 g/mol. The van der Waals surface area contributed by atoms with Crippen molar-refractivity contribution in [2.75, 3.05) is 14.1 Å². The summed E-state index contributed by atoms with van der Waals surface area (Å²) >= 11 is 5.88. The van der Waals surface area contributed by atoms with Crippen LogP contribution in [0.15, 0.2) is 22.9 Å². The lowest BCUT2D eigenvalue weighted by Gasteiger charge is -2.16. The van der Waals surface area contributed by atoms with E-state index in [1.165, 1.54) is 6.92 Å². The Kier molecular flexibility index (Phi) is 4.32. The molecule has 3 heteroatoms. The van der Waals surface area contributed by atoms with E-state index in [0.717, 1.165) is 0 Å². The van der Waals surface area contributed by atoms with E-state index in [1.54, 1.807) is 11.8 Å². The van der Waals surface area contributed by atoms with Gasteiger partial charge in [-0.25, -0.2) is 4.39 Å². The van der Waals surface area contributed by atoms with E-state index >= 15 is 0 Å². The van der Waals surface area contributed by atoms with Gasteiger partial charge in [0.15, 0.2) is 0 Å². The summed E-state index contributed by atoms with van der Waals surface area (Å²) in [6.07, 6.45) is -1.04. The van der Waals surface area contributed by atoms with Gasteiger partial charge >= 0.3 is 0 Å². The maximum absolute atomic E-state index is 12.8. The van der Waals surface area contributed by atoms with E-state index in [1.807, 2.05) is 14.1 Å². The third-order valence-electron chi connectivity index (χ3n) is 1.66. The summed E-state index contributed by atoms with van der Waals surface area (Å²) in [5.74, 6) is 0. The Balaban J connectivity index is 4.67. The highest BCUT2D eigenvalue weighted by Crippen LogP contribution is 2.21. The zero-order valence-corrected chi connectivity index (χ0v) is 8.74. The topological polar surface area (TPSA) is 3.24 Å².